The van der Waals surface area contributed by atoms with Gasteiger partial charge >= 0.3 is 0 Å². The molecule has 0 aliphatic rings. The molecule has 0 saturated heterocycles. The van der Waals surface area contributed by atoms with E-state index in [1.54, 1.807) is 0 Å². The number of hydrogen-bond donors (Lipinski definition) is 0. The molecule has 56 valence electrons. The first-order valence-electron chi connectivity index (χ1n) is 2.21. The lowest BCUT2D eigenvalue weighted by atomic mass is 10.4. The van der Waals surface area contributed by atoms with Crippen LogP contribution in [0, 0.1) is 0 Å². The Balaban J connectivity index is 4.67. The minimum absolute atomic E-state index is 0.128. The molecule has 0 aliphatic carbocycles. The fraction of sp³-hybridized carbons (Fsp3) is 0. The molecule has 0 aromatic carbocycles. The summed E-state index contributed by atoms with van der Waals surface area (Å²) in [6.07, 6.45) is 0. The molecule has 0 spiro atoms. The highest BCUT2D eigenvalue weighted by Gasteiger charge is 2.04. The van der Waals surface area contributed by atoms with E-state index in [1.165, 1.54) is 0 Å². The Hall–Kier alpha value is 0.380. The van der Waals surface area contributed by atoms with Gasteiger partial charge in [0, 0.05) is 0 Å². The SMILES string of the molecule is C=C(Cl)C(Cl)=C(Cl)C(=C)Cl. The average molecular weight is 218 g/mol. The van der Waals surface area contributed by atoms with Gasteiger partial charge < -0.3 is 0 Å². The average Bonchev–Trinajstić information content (AvgIpc) is 1.84. The molecule has 0 bridgehead atoms. The van der Waals surface area contributed by atoms with E-state index >= 15 is 0 Å². The van der Waals surface area contributed by atoms with Crippen molar-refractivity contribution in [1.82, 2.24) is 0 Å². The van der Waals surface area contributed by atoms with Gasteiger partial charge in [0.2, 0.25) is 0 Å². The molecular formula is C6H4Cl4. The molecule has 0 radical (unpaired) electrons. The van der Waals surface area contributed by atoms with Crippen LogP contribution < -0.4 is 0 Å². The van der Waals surface area contributed by atoms with Crippen LogP contribution in [-0.2, 0) is 0 Å². The molecule has 0 N–H and O–H groups in total. The molecule has 4 heteroatoms. The molecule has 0 fully saturated rings. The van der Waals surface area contributed by atoms with Crippen LogP contribution in [0.2, 0.25) is 0 Å². The molecule has 0 aromatic heterocycles. The molecule has 0 nitrogen and oxygen atoms in total. The zero-order valence-electron chi connectivity index (χ0n) is 4.93. The zero-order chi connectivity index (χ0) is 8.31. The Morgan fingerprint density at radius 3 is 1.00 bits per heavy atom. The predicted octanol–water partition coefficient (Wildman–Crippen LogP) is 4.18. The highest BCUT2D eigenvalue weighted by Crippen LogP contribution is 2.29. The molecule has 0 aromatic rings. The van der Waals surface area contributed by atoms with Gasteiger partial charge in [0.05, 0.1) is 20.1 Å². The maximum Gasteiger partial charge on any atom is 0.0787 e. The van der Waals surface area contributed by atoms with E-state index in [-0.39, 0.29) is 20.1 Å². The lowest BCUT2D eigenvalue weighted by molar-refractivity contribution is 1.75. The Morgan fingerprint density at radius 2 is 0.900 bits per heavy atom. The first-order chi connectivity index (χ1) is 4.46. The van der Waals surface area contributed by atoms with Crippen molar-refractivity contribution in [3.05, 3.63) is 33.3 Å². The number of rotatable bonds is 2. The number of allylic oxidation sites excluding steroid dienone is 4. The molecule has 10 heavy (non-hydrogen) atoms. The van der Waals surface area contributed by atoms with Crippen LogP contribution in [0.3, 0.4) is 0 Å². The van der Waals surface area contributed by atoms with Crippen LogP contribution in [-0.4, -0.2) is 0 Å². The normalized spacial score (nSPS) is 12.4. The Bertz CT molecular complexity index is 180. The van der Waals surface area contributed by atoms with Gasteiger partial charge in [-0.05, 0) is 0 Å². The van der Waals surface area contributed by atoms with Crippen LogP contribution in [0.1, 0.15) is 0 Å². The smallest absolute Gasteiger partial charge is 0.0787 e. The van der Waals surface area contributed by atoms with E-state index in [2.05, 4.69) is 13.2 Å². The van der Waals surface area contributed by atoms with E-state index in [9.17, 15) is 0 Å². The molecule has 0 aliphatic heterocycles. The van der Waals surface area contributed by atoms with Crippen LogP contribution in [0.4, 0.5) is 0 Å². The lowest BCUT2D eigenvalue weighted by Gasteiger charge is -1.97. The molecule has 0 heterocycles. The number of halogens is 4. The predicted molar refractivity (Wildman–Crippen MR) is 48.7 cm³/mol. The van der Waals surface area contributed by atoms with Crippen LogP contribution >= 0.6 is 46.4 Å². The lowest BCUT2D eigenvalue weighted by Crippen LogP contribution is -1.76. The minimum atomic E-state index is 0.128. The second kappa shape index (κ2) is 4.30. The van der Waals surface area contributed by atoms with Gasteiger partial charge in [-0.1, -0.05) is 59.6 Å². The summed E-state index contributed by atoms with van der Waals surface area (Å²) < 4.78 is 0. The molecule has 0 rings (SSSR count). The van der Waals surface area contributed by atoms with Gasteiger partial charge in [-0.15, -0.1) is 0 Å². The van der Waals surface area contributed by atoms with Crippen molar-refractivity contribution in [3.8, 4) is 0 Å². The fourth-order valence-electron chi connectivity index (χ4n) is 0.238. The second-order valence-electron chi connectivity index (χ2n) is 1.44. The molecule has 0 saturated carbocycles. The molecular weight excluding hydrogens is 214 g/mol. The van der Waals surface area contributed by atoms with Gasteiger partial charge in [0.1, 0.15) is 0 Å². The van der Waals surface area contributed by atoms with Gasteiger partial charge in [0.15, 0.2) is 0 Å². The van der Waals surface area contributed by atoms with Crippen molar-refractivity contribution in [2.75, 3.05) is 0 Å². The summed E-state index contributed by atoms with van der Waals surface area (Å²) in [6, 6.07) is 0. The fourth-order valence-corrected chi connectivity index (χ4v) is 0.752. The highest BCUT2D eigenvalue weighted by molar-refractivity contribution is 6.52. The van der Waals surface area contributed by atoms with Gasteiger partial charge in [-0.3, -0.25) is 0 Å². The maximum atomic E-state index is 5.53. The van der Waals surface area contributed by atoms with E-state index in [0.29, 0.717) is 0 Å². The Kier molecular flexibility index (Phi) is 4.46. The quantitative estimate of drug-likeness (QED) is 0.609. The van der Waals surface area contributed by atoms with Gasteiger partial charge in [0.25, 0.3) is 0 Å². The third-order valence-electron chi connectivity index (χ3n) is 0.669. The summed E-state index contributed by atoms with van der Waals surface area (Å²) in [7, 11) is 0. The van der Waals surface area contributed by atoms with Gasteiger partial charge in [-0.2, -0.15) is 0 Å². The van der Waals surface area contributed by atoms with E-state index < -0.39 is 0 Å². The third-order valence-corrected chi connectivity index (χ3v) is 2.17. The second-order valence-corrected chi connectivity index (χ2v) is 3.11. The summed E-state index contributed by atoms with van der Waals surface area (Å²) in [6.45, 7) is 6.70. The van der Waals surface area contributed by atoms with Crippen LogP contribution in [0.5, 0.6) is 0 Å². The van der Waals surface area contributed by atoms with Crippen molar-refractivity contribution < 1.29 is 0 Å². The largest absolute Gasteiger partial charge is 0.0833 e. The summed E-state index contributed by atoms with van der Waals surface area (Å²) in [5.74, 6) is 0. The topological polar surface area (TPSA) is 0 Å². The standard InChI is InChI=1S/C6H4Cl4/c1-3(7)5(9)6(10)4(2)8/h1-2H2. The summed E-state index contributed by atoms with van der Waals surface area (Å²) in [5, 5.41) is 0.550. The third kappa shape index (κ3) is 2.98. The molecule has 0 unspecified atom stereocenters. The zero-order valence-corrected chi connectivity index (χ0v) is 7.95. The van der Waals surface area contributed by atoms with Crippen LogP contribution in [0.15, 0.2) is 33.3 Å². The first kappa shape index (κ1) is 10.4. The van der Waals surface area contributed by atoms with Gasteiger partial charge in [-0.25, -0.2) is 0 Å². The monoisotopic (exact) mass is 216 g/mol. The van der Waals surface area contributed by atoms with E-state index in [0.717, 1.165) is 0 Å². The van der Waals surface area contributed by atoms with Crippen molar-refractivity contribution in [2.45, 2.75) is 0 Å². The minimum Gasteiger partial charge on any atom is -0.0833 e. The van der Waals surface area contributed by atoms with Crippen LogP contribution in [0.25, 0.3) is 0 Å². The molecule has 0 atom stereocenters. The Labute approximate surface area is 79.7 Å². The number of hydrogen-bond acceptors (Lipinski definition) is 0. The van der Waals surface area contributed by atoms with Crippen molar-refractivity contribution >= 4 is 46.4 Å². The van der Waals surface area contributed by atoms with Crippen molar-refractivity contribution in [1.29, 1.82) is 0 Å². The highest BCUT2D eigenvalue weighted by atomic mass is 35.5. The Morgan fingerprint density at radius 1 is 0.700 bits per heavy atom. The molecule has 0 amide bonds. The van der Waals surface area contributed by atoms with E-state index in [4.69, 9.17) is 46.4 Å². The van der Waals surface area contributed by atoms with E-state index in [1.807, 2.05) is 0 Å². The summed E-state index contributed by atoms with van der Waals surface area (Å²) >= 11 is 21.9. The first-order valence-corrected chi connectivity index (χ1v) is 3.72. The summed E-state index contributed by atoms with van der Waals surface area (Å²) in [4.78, 5) is 0. The van der Waals surface area contributed by atoms with Crippen molar-refractivity contribution in [3.63, 3.8) is 0 Å². The maximum absolute atomic E-state index is 5.53. The summed E-state index contributed by atoms with van der Waals surface area (Å²) in [5.41, 5.74) is 0. The van der Waals surface area contributed by atoms with Crippen molar-refractivity contribution in [2.24, 2.45) is 0 Å².